The molecule has 7 heteroatoms. The molecule has 2 bridgehead atoms. The minimum atomic E-state index is -0.996. The number of likely N-dealkylation sites (N-methyl/N-ethyl adjacent to an activating group) is 1. The first-order valence-electron chi connectivity index (χ1n) is 13.3. The van der Waals surface area contributed by atoms with Crippen LogP contribution in [0.2, 0.25) is 0 Å². The number of rotatable bonds is 5. The lowest BCUT2D eigenvalue weighted by Gasteiger charge is -2.65. The molecule has 3 heterocycles. The van der Waals surface area contributed by atoms with Gasteiger partial charge in [-0.15, -0.1) is 0 Å². The number of likely N-dealkylation sites (tertiary alicyclic amines) is 1. The molecule has 5 aliphatic rings. The van der Waals surface area contributed by atoms with Crippen LogP contribution >= 0.6 is 0 Å². The standard InChI is InChI=1S/C29H34N2O5/c1-17-29(34)11-9-22(30(2)24(33)8-5-19-10-12-35-16-19)27-28(29)14-21(31(17)15-18-3-4-18)13-20-6-7-23(32)26(36-27)25(20)28/h5-8,10,12,16-18,21-22,27,32,34H,3-4,9,11,13-15H2,1-2H3/b8-5+/t17-,21-,22-,27+,28+,29-/m1/s1. The minimum absolute atomic E-state index is 0.0210. The van der Waals surface area contributed by atoms with Gasteiger partial charge in [-0.05, 0) is 75.1 Å². The van der Waals surface area contributed by atoms with E-state index in [-0.39, 0.29) is 23.7 Å². The van der Waals surface area contributed by atoms with E-state index < -0.39 is 17.1 Å². The number of amides is 1. The van der Waals surface area contributed by atoms with E-state index >= 15 is 0 Å². The summed E-state index contributed by atoms with van der Waals surface area (Å²) in [5.74, 6) is 1.26. The van der Waals surface area contributed by atoms with Crippen molar-refractivity contribution in [3.05, 3.63) is 53.5 Å². The minimum Gasteiger partial charge on any atom is -0.504 e. The maximum Gasteiger partial charge on any atom is 0.246 e. The maximum absolute atomic E-state index is 13.3. The van der Waals surface area contributed by atoms with Gasteiger partial charge in [0.1, 0.15) is 6.10 Å². The molecule has 0 unspecified atom stereocenters. The number of ether oxygens (including phenoxy) is 1. The predicted octanol–water partition coefficient (Wildman–Crippen LogP) is 3.48. The summed E-state index contributed by atoms with van der Waals surface area (Å²) >= 11 is 0. The van der Waals surface area contributed by atoms with Crippen LogP contribution in [-0.2, 0) is 16.6 Å². The zero-order valence-electron chi connectivity index (χ0n) is 20.9. The van der Waals surface area contributed by atoms with E-state index in [2.05, 4.69) is 11.8 Å². The van der Waals surface area contributed by atoms with Crippen LogP contribution in [0.5, 0.6) is 11.5 Å². The molecule has 1 aromatic carbocycles. The predicted molar refractivity (Wildman–Crippen MR) is 134 cm³/mol. The first-order valence-corrected chi connectivity index (χ1v) is 13.3. The number of phenols is 1. The van der Waals surface area contributed by atoms with Crippen molar-refractivity contribution >= 4 is 12.0 Å². The number of piperidine rings is 1. The number of furan rings is 1. The summed E-state index contributed by atoms with van der Waals surface area (Å²) in [6.45, 7) is 3.22. The van der Waals surface area contributed by atoms with Crippen LogP contribution in [0.1, 0.15) is 55.7 Å². The van der Waals surface area contributed by atoms with Gasteiger partial charge in [0.25, 0.3) is 0 Å². The van der Waals surface area contributed by atoms with Crippen molar-refractivity contribution in [2.24, 2.45) is 5.92 Å². The summed E-state index contributed by atoms with van der Waals surface area (Å²) < 4.78 is 11.7. The van der Waals surface area contributed by atoms with E-state index in [1.807, 2.05) is 19.2 Å². The maximum atomic E-state index is 13.3. The second kappa shape index (κ2) is 7.62. The van der Waals surface area contributed by atoms with Crippen LogP contribution in [0.3, 0.4) is 0 Å². The molecule has 2 saturated carbocycles. The average Bonchev–Trinajstić information content (AvgIpc) is 3.39. The Morgan fingerprint density at radius 2 is 2.11 bits per heavy atom. The second-order valence-corrected chi connectivity index (χ2v) is 11.7. The van der Waals surface area contributed by atoms with Gasteiger partial charge in [0.15, 0.2) is 11.5 Å². The highest BCUT2D eigenvalue weighted by Crippen LogP contribution is 2.66. The summed E-state index contributed by atoms with van der Waals surface area (Å²) in [7, 11) is 1.83. The van der Waals surface area contributed by atoms with Gasteiger partial charge in [-0.25, -0.2) is 0 Å². The number of carbonyl (C=O) groups is 1. The van der Waals surface area contributed by atoms with Gasteiger partial charge in [-0.1, -0.05) is 6.07 Å². The molecule has 190 valence electrons. The molecular formula is C29H34N2O5. The highest BCUT2D eigenvalue weighted by Gasteiger charge is 2.73. The van der Waals surface area contributed by atoms with Crippen LogP contribution in [0, 0.1) is 5.92 Å². The monoisotopic (exact) mass is 490 g/mol. The number of fused-ring (bicyclic) bond motifs is 1. The zero-order valence-corrected chi connectivity index (χ0v) is 20.9. The van der Waals surface area contributed by atoms with Crippen LogP contribution in [0.15, 0.2) is 41.2 Å². The lowest BCUT2D eigenvalue weighted by Crippen LogP contribution is -2.78. The van der Waals surface area contributed by atoms with Crippen LogP contribution in [0.25, 0.3) is 6.08 Å². The molecule has 7 nitrogen and oxygen atoms in total. The van der Waals surface area contributed by atoms with Crippen molar-refractivity contribution in [2.75, 3.05) is 13.6 Å². The quantitative estimate of drug-likeness (QED) is 0.625. The number of phenolic OH excluding ortho intramolecular Hbond substituents is 1. The SMILES string of the molecule is C[C@H]1N(CC2CC2)[C@@H]2Cc3ccc(O)c4c3[C@@]3(C2)[C@@H](O4)[C@H](N(C)C(=O)/C=C/c2ccoc2)CC[C@@]13O. The van der Waals surface area contributed by atoms with Crippen molar-refractivity contribution in [3.8, 4) is 11.5 Å². The first-order chi connectivity index (χ1) is 17.3. The third kappa shape index (κ3) is 2.90. The third-order valence-corrected chi connectivity index (χ3v) is 9.99. The lowest BCUT2D eigenvalue weighted by molar-refractivity contribution is -0.207. The smallest absolute Gasteiger partial charge is 0.246 e. The number of hydrogen-bond acceptors (Lipinski definition) is 6. The Bertz CT molecular complexity index is 1240. The van der Waals surface area contributed by atoms with Gasteiger partial charge in [0.05, 0.1) is 29.6 Å². The fourth-order valence-electron chi connectivity index (χ4n) is 7.99. The van der Waals surface area contributed by atoms with E-state index in [4.69, 9.17) is 9.15 Å². The molecule has 3 aliphatic carbocycles. The van der Waals surface area contributed by atoms with Crippen molar-refractivity contribution in [2.45, 2.75) is 80.7 Å². The van der Waals surface area contributed by atoms with Crippen molar-refractivity contribution < 1.29 is 24.2 Å². The molecule has 0 radical (unpaired) electrons. The molecule has 1 spiro atoms. The molecular weight excluding hydrogens is 456 g/mol. The fourth-order valence-corrected chi connectivity index (χ4v) is 7.99. The van der Waals surface area contributed by atoms with Gasteiger partial charge >= 0.3 is 0 Å². The number of benzene rings is 1. The molecule has 7 rings (SSSR count). The Morgan fingerprint density at radius 3 is 2.86 bits per heavy atom. The number of aliphatic hydroxyl groups is 1. The van der Waals surface area contributed by atoms with Crippen molar-refractivity contribution in [3.63, 3.8) is 0 Å². The van der Waals surface area contributed by atoms with Crippen molar-refractivity contribution in [1.82, 2.24) is 9.80 Å². The normalized spacial score (nSPS) is 36.5. The molecule has 2 aliphatic heterocycles. The number of aromatic hydroxyl groups is 1. The van der Waals surface area contributed by atoms with E-state index in [0.717, 1.165) is 36.4 Å². The van der Waals surface area contributed by atoms with Crippen LogP contribution < -0.4 is 4.74 Å². The summed E-state index contributed by atoms with van der Waals surface area (Å²) in [5.41, 5.74) is 1.35. The summed E-state index contributed by atoms with van der Waals surface area (Å²) in [6, 6.07) is 5.64. The Balaban J connectivity index is 1.30. The molecule has 1 aromatic heterocycles. The number of hydrogen-bond donors (Lipinski definition) is 2. The highest BCUT2D eigenvalue weighted by atomic mass is 16.5. The topological polar surface area (TPSA) is 86.4 Å². The molecule has 2 N–H and O–H groups in total. The summed E-state index contributed by atoms with van der Waals surface area (Å²) in [5, 5.41) is 23.5. The van der Waals surface area contributed by atoms with E-state index in [1.54, 1.807) is 35.6 Å². The summed E-state index contributed by atoms with van der Waals surface area (Å²) in [4.78, 5) is 17.6. The molecule has 1 amide bonds. The van der Waals surface area contributed by atoms with Gasteiger partial charge < -0.3 is 24.3 Å². The third-order valence-electron chi connectivity index (χ3n) is 9.99. The molecule has 3 fully saturated rings. The van der Waals surface area contributed by atoms with Crippen molar-refractivity contribution in [1.29, 1.82) is 0 Å². The largest absolute Gasteiger partial charge is 0.504 e. The van der Waals surface area contributed by atoms with E-state index in [1.165, 1.54) is 18.4 Å². The Hall–Kier alpha value is -2.77. The molecule has 1 saturated heterocycles. The van der Waals surface area contributed by atoms with Crippen LogP contribution in [-0.4, -0.2) is 69.3 Å². The van der Waals surface area contributed by atoms with E-state index in [9.17, 15) is 15.0 Å². The van der Waals surface area contributed by atoms with Gasteiger partial charge in [-0.2, -0.15) is 0 Å². The lowest BCUT2D eigenvalue weighted by atomic mass is 9.48. The second-order valence-electron chi connectivity index (χ2n) is 11.7. The van der Waals surface area contributed by atoms with E-state index in [0.29, 0.717) is 24.6 Å². The first kappa shape index (κ1) is 22.4. The number of carbonyl (C=O) groups excluding carboxylic acids is 1. The number of nitrogens with zero attached hydrogens (tertiary/aromatic N) is 2. The molecule has 2 aromatic rings. The fraction of sp³-hybridized carbons (Fsp3) is 0.552. The Labute approximate surface area is 211 Å². The highest BCUT2D eigenvalue weighted by molar-refractivity contribution is 5.91. The van der Waals surface area contributed by atoms with Gasteiger partial charge in [-0.3, -0.25) is 9.69 Å². The van der Waals surface area contributed by atoms with Gasteiger partial charge in [0.2, 0.25) is 5.91 Å². The molecule has 36 heavy (non-hydrogen) atoms. The average molecular weight is 491 g/mol. The Kier molecular flexibility index (Phi) is 4.75. The zero-order chi connectivity index (χ0) is 24.8. The van der Waals surface area contributed by atoms with Crippen LogP contribution in [0.4, 0.5) is 0 Å². The molecule has 6 atom stereocenters. The summed E-state index contributed by atoms with van der Waals surface area (Å²) in [6.07, 6.45) is 11.6. The van der Waals surface area contributed by atoms with Gasteiger partial charge in [0, 0.05) is 42.9 Å². The Morgan fingerprint density at radius 1 is 1.28 bits per heavy atom.